The highest BCUT2D eigenvalue weighted by Crippen LogP contribution is 2.13. The number of carbonyl (C=O) groups excluding carboxylic acids is 1. The molecule has 0 spiro atoms. The van der Waals surface area contributed by atoms with E-state index in [4.69, 9.17) is 0 Å². The molecule has 0 aliphatic rings. The Morgan fingerprint density at radius 1 is 1.22 bits per heavy atom. The number of benzene rings is 1. The van der Waals surface area contributed by atoms with Crippen LogP contribution < -0.4 is 0 Å². The van der Waals surface area contributed by atoms with Crippen LogP contribution in [0.1, 0.15) is 11.1 Å². The average molecular weight is 349 g/mol. The molecule has 1 aromatic carbocycles. The van der Waals surface area contributed by atoms with E-state index in [0.29, 0.717) is 6.42 Å². The summed E-state index contributed by atoms with van der Waals surface area (Å²) in [6, 6.07) is 11.7. The molecule has 18 heavy (non-hydrogen) atoms. The minimum absolute atomic E-state index is 0.0858. The van der Waals surface area contributed by atoms with Crippen LogP contribution in [0.5, 0.6) is 0 Å². The summed E-state index contributed by atoms with van der Waals surface area (Å²) in [6.45, 7) is 0. The Labute approximate surface area is 120 Å². The molecule has 0 aliphatic carbocycles. The number of ketones is 1. The third-order valence-electron chi connectivity index (χ3n) is 2.46. The van der Waals surface area contributed by atoms with Crippen molar-refractivity contribution in [2.75, 3.05) is 0 Å². The largest absolute Gasteiger partial charge is 0.294 e. The second kappa shape index (κ2) is 6.44. The van der Waals surface area contributed by atoms with E-state index in [2.05, 4.69) is 27.6 Å². The van der Waals surface area contributed by atoms with Gasteiger partial charge in [0.1, 0.15) is 0 Å². The van der Waals surface area contributed by atoms with Crippen LogP contribution in [0, 0.1) is 3.57 Å². The lowest BCUT2D eigenvalue weighted by atomic mass is 10.1. The smallest absolute Gasteiger partial charge is 0.160 e. The lowest BCUT2D eigenvalue weighted by Crippen LogP contribution is -1.98. The van der Waals surface area contributed by atoms with Crippen LogP contribution in [0.25, 0.3) is 6.08 Å². The van der Waals surface area contributed by atoms with Gasteiger partial charge in [-0.2, -0.15) is 0 Å². The molecule has 3 heteroatoms. The summed E-state index contributed by atoms with van der Waals surface area (Å²) in [5.41, 5.74) is 2.01. The number of pyridine rings is 1. The highest BCUT2D eigenvalue weighted by molar-refractivity contribution is 14.1. The molecule has 2 nitrogen and oxygen atoms in total. The Bertz CT molecular complexity index is 564. The van der Waals surface area contributed by atoms with Crippen molar-refractivity contribution in [2.24, 2.45) is 0 Å². The molecule has 0 aliphatic heterocycles. The maximum absolute atomic E-state index is 11.8. The third-order valence-corrected chi connectivity index (χ3v) is 3.44. The van der Waals surface area contributed by atoms with Gasteiger partial charge in [0.2, 0.25) is 0 Å². The normalized spacial score (nSPS) is 10.7. The Balaban J connectivity index is 2.02. The maximum atomic E-state index is 11.8. The van der Waals surface area contributed by atoms with Crippen LogP contribution in [0.2, 0.25) is 0 Å². The zero-order valence-corrected chi connectivity index (χ0v) is 11.9. The molecule has 0 saturated heterocycles. The van der Waals surface area contributed by atoms with E-state index in [0.717, 1.165) is 14.7 Å². The minimum Gasteiger partial charge on any atom is -0.294 e. The fourth-order valence-electron chi connectivity index (χ4n) is 1.56. The van der Waals surface area contributed by atoms with Crippen molar-refractivity contribution in [2.45, 2.75) is 6.42 Å². The van der Waals surface area contributed by atoms with Crippen molar-refractivity contribution in [3.05, 3.63) is 69.6 Å². The molecule has 1 heterocycles. The van der Waals surface area contributed by atoms with Gasteiger partial charge in [-0.3, -0.25) is 9.78 Å². The average Bonchev–Trinajstić information content (AvgIpc) is 2.39. The van der Waals surface area contributed by atoms with Crippen LogP contribution in [0.15, 0.2) is 54.9 Å². The molecule has 1 aromatic heterocycles. The molecule has 0 unspecified atom stereocenters. The van der Waals surface area contributed by atoms with Crippen molar-refractivity contribution in [1.29, 1.82) is 0 Å². The molecule has 0 fully saturated rings. The van der Waals surface area contributed by atoms with E-state index >= 15 is 0 Å². The second-order valence-corrected chi connectivity index (χ2v) is 5.02. The van der Waals surface area contributed by atoms with Crippen LogP contribution in [0.4, 0.5) is 0 Å². The number of nitrogens with zero attached hydrogens (tertiary/aromatic N) is 1. The molecule has 2 rings (SSSR count). The van der Waals surface area contributed by atoms with Gasteiger partial charge >= 0.3 is 0 Å². The summed E-state index contributed by atoms with van der Waals surface area (Å²) in [5, 5.41) is 0. The van der Waals surface area contributed by atoms with E-state index in [-0.39, 0.29) is 5.78 Å². The lowest BCUT2D eigenvalue weighted by Gasteiger charge is -1.98. The Morgan fingerprint density at radius 3 is 2.78 bits per heavy atom. The van der Waals surface area contributed by atoms with Crippen LogP contribution >= 0.6 is 22.6 Å². The Hall–Kier alpha value is -1.49. The van der Waals surface area contributed by atoms with Crippen LogP contribution in [-0.4, -0.2) is 10.8 Å². The summed E-state index contributed by atoms with van der Waals surface area (Å²) in [5.74, 6) is 0.0858. The van der Waals surface area contributed by atoms with Gasteiger partial charge in [0.05, 0.1) is 0 Å². The number of carbonyl (C=O) groups is 1. The number of hydrogen-bond acceptors (Lipinski definition) is 2. The van der Waals surface area contributed by atoms with Crippen LogP contribution in [-0.2, 0) is 11.2 Å². The van der Waals surface area contributed by atoms with Crippen molar-refractivity contribution in [3.63, 3.8) is 0 Å². The minimum atomic E-state index is 0.0858. The van der Waals surface area contributed by atoms with E-state index in [1.807, 2.05) is 42.5 Å². The quantitative estimate of drug-likeness (QED) is 0.625. The maximum Gasteiger partial charge on any atom is 0.160 e. The topological polar surface area (TPSA) is 30.0 Å². The molecule has 90 valence electrons. The highest BCUT2D eigenvalue weighted by Gasteiger charge is 2.00. The van der Waals surface area contributed by atoms with Crippen LogP contribution in [0.3, 0.4) is 0 Å². The van der Waals surface area contributed by atoms with E-state index < -0.39 is 0 Å². The Morgan fingerprint density at radius 2 is 2.06 bits per heavy atom. The van der Waals surface area contributed by atoms with Gasteiger partial charge in [-0.25, -0.2) is 0 Å². The third kappa shape index (κ3) is 3.77. The Kier molecular flexibility index (Phi) is 4.64. The van der Waals surface area contributed by atoms with Gasteiger partial charge in [0.25, 0.3) is 0 Å². The molecule has 0 bridgehead atoms. The van der Waals surface area contributed by atoms with Crippen molar-refractivity contribution in [3.8, 4) is 0 Å². The van der Waals surface area contributed by atoms with Gasteiger partial charge in [-0.05, 0) is 51.9 Å². The molecule has 0 atom stereocenters. The van der Waals surface area contributed by atoms with Gasteiger partial charge in [0.15, 0.2) is 5.78 Å². The lowest BCUT2D eigenvalue weighted by molar-refractivity contribution is -0.113. The summed E-state index contributed by atoms with van der Waals surface area (Å²) >= 11 is 2.26. The number of hydrogen-bond donors (Lipinski definition) is 0. The predicted octanol–water partition coefficient (Wildman–Crippen LogP) is 3.51. The number of halogens is 1. The first-order valence-electron chi connectivity index (χ1n) is 5.60. The number of aromatic nitrogens is 1. The zero-order valence-electron chi connectivity index (χ0n) is 9.71. The summed E-state index contributed by atoms with van der Waals surface area (Å²) in [6.07, 6.45) is 7.31. The molecule has 0 radical (unpaired) electrons. The standard InChI is InChI=1S/C15H12INO/c16-15-6-2-1-5-13(15)7-8-14(18)10-12-4-3-9-17-11-12/h1-9,11H,10H2. The van der Waals surface area contributed by atoms with Gasteiger partial charge in [-0.1, -0.05) is 30.3 Å². The first-order valence-corrected chi connectivity index (χ1v) is 6.68. The number of allylic oxidation sites excluding steroid dienone is 1. The van der Waals surface area contributed by atoms with Gasteiger partial charge in [-0.15, -0.1) is 0 Å². The zero-order chi connectivity index (χ0) is 12.8. The monoisotopic (exact) mass is 349 g/mol. The molecule has 0 saturated carbocycles. The highest BCUT2D eigenvalue weighted by atomic mass is 127. The summed E-state index contributed by atoms with van der Waals surface area (Å²) in [7, 11) is 0. The van der Waals surface area contributed by atoms with E-state index in [9.17, 15) is 4.79 Å². The predicted molar refractivity (Wildman–Crippen MR) is 81.1 cm³/mol. The van der Waals surface area contributed by atoms with E-state index in [1.165, 1.54) is 0 Å². The fourth-order valence-corrected chi connectivity index (χ4v) is 2.12. The van der Waals surface area contributed by atoms with E-state index in [1.54, 1.807) is 18.5 Å². The molecule has 0 amide bonds. The van der Waals surface area contributed by atoms with Gasteiger partial charge < -0.3 is 0 Å². The molecule has 0 N–H and O–H groups in total. The summed E-state index contributed by atoms with van der Waals surface area (Å²) < 4.78 is 1.14. The first kappa shape index (κ1) is 13.0. The molecular weight excluding hydrogens is 337 g/mol. The molecular formula is C15H12INO. The first-order chi connectivity index (χ1) is 8.75. The van der Waals surface area contributed by atoms with Crippen molar-refractivity contribution >= 4 is 34.5 Å². The second-order valence-electron chi connectivity index (χ2n) is 3.86. The fraction of sp³-hybridized carbons (Fsp3) is 0.0667. The van der Waals surface area contributed by atoms with Gasteiger partial charge in [0, 0.05) is 22.4 Å². The molecule has 2 aromatic rings. The SMILES string of the molecule is O=C(C=Cc1ccccc1I)Cc1cccnc1. The van der Waals surface area contributed by atoms with Crippen molar-refractivity contribution < 1.29 is 4.79 Å². The number of rotatable bonds is 4. The van der Waals surface area contributed by atoms with Crippen molar-refractivity contribution in [1.82, 2.24) is 4.98 Å². The summed E-state index contributed by atoms with van der Waals surface area (Å²) in [4.78, 5) is 15.8.